The average molecular weight is 583 g/mol. The number of amides is 4. The molecule has 12 nitrogen and oxygen atoms in total. The second kappa shape index (κ2) is 12.7. The molecule has 2 aliphatic heterocycles. The van der Waals surface area contributed by atoms with Crippen LogP contribution in [0.4, 0.5) is 15.4 Å². The second-order valence-electron chi connectivity index (χ2n) is 11.0. The van der Waals surface area contributed by atoms with Gasteiger partial charge in [-0.1, -0.05) is 42.5 Å². The highest BCUT2D eigenvalue weighted by atomic mass is 16.2. The summed E-state index contributed by atoms with van der Waals surface area (Å²) in [6.07, 6.45) is 9.74. The lowest BCUT2D eigenvalue weighted by Crippen LogP contribution is -2.51. The van der Waals surface area contributed by atoms with Crippen molar-refractivity contribution in [2.45, 2.75) is 19.4 Å². The maximum absolute atomic E-state index is 12.3. The first-order valence-electron chi connectivity index (χ1n) is 14.8. The monoisotopic (exact) mass is 582 g/mol. The summed E-state index contributed by atoms with van der Waals surface area (Å²) in [6.45, 7) is 5.72. The van der Waals surface area contributed by atoms with E-state index in [-0.39, 0.29) is 18.0 Å². The third kappa shape index (κ3) is 6.24. The first-order chi connectivity index (χ1) is 21.0. The lowest BCUT2D eigenvalue weighted by atomic mass is 9.92. The Labute approximate surface area is 251 Å². The molecule has 0 spiro atoms. The normalized spacial score (nSPS) is 18.3. The molecular weight excluding hydrogens is 544 g/mol. The molecule has 12 heteroatoms. The SMILES string of the molecule is CNC(=O)Nc1ncnn2c(CCCN3CCN(C(=O)NC)CC3)cc(C3=CC4=NN(Cc5ccccc5)CC4C=C3)c12. The van der Waals surface area contributed by atoms with Crippen molar-refractivity contribution in [2.24, 2.45) is 11.0 Å². The fourth-order valence-corrected chi connectivity index (χ4v) is 5.97. The molecule has 1 aliphatic carbocycles. The van der Waals surface area contributed by atoms with Gasteiger partial charge in [0.2, 0.25) is 0 Å². The summed E-state index contributed by atoms with van der Waals surface area (Å²) in [5.74, 6) is 0.695. The Bertz CT molecular complexity index is 1570. The van der Waals surface area contributed by atoms with Crippen LogP contribution < -0.4 is 16.0 Å². The van der Waals surface area contributed by atoms with Crippen molar-refractivity contribution in [3.05, 3.63) is 77.8 Å². The topological polar surface area (TPSA) is 122 Å². The summed E-state index contributed by atoms with van der Waals surface area (Å²) in [4.78, 5) is 32.9. The van der Waals surface area contributed by atoms with Gasteiger partial charge in [0, 0.05) is 64.0 Å². The maximum atomic E-state index is 12.3. The number of piperazine rings is 1. The van der Waals surface area contributed by atoms with Crippen LogP contribution >= 0.6 is 0 Å². The predicted octanol–water partition coefficient (Wildman–Crippen LogP) is 2.81. The Morgan fingerprint density at radius 3 is 2.63 bits per heavy atom. The minimum absolute atomic E-state index is 0.0162. The fraction of sp³-hybridized carbons (Fsp3) is 0.387. The standard InChI is InChI=1S/C31H38N10O2/c1-32-30(42)36-29-28-26(23-10-11-24-20-40(37-27(24)17-23)19-22-7-4-3-5-8-22)18-25(41(28)35-21-34-29)9-6-12-38-13-15-39(16-14-38)31(43)33-2/h3-5,7-8,10-11,17-18,21,24H,6,9,12-16,19-20H2,1-2H3,(H,33,43)(H2,32,34,35,36,42). The van der Waals surface area contributed by atoms with E-state index >= 15 is 0 Å². The highest BCUT2D eigenvalue weighted by molar-refractivity contribution is 6.09. The van der Waals surface area contributed by atoms with E-state index in [1.165, 1.54) is 11.9 Å². The number of urea groups is 2. The van der Waals surface area contributed by atoms with E-state index in [2.05, 4.69) is 84.5 Å². The maximum Gasteiger partial charge on any atom is 0.320 e. The van der Waals surface area contributed by atoms with Crippen molar-refractivity contribution in [2.75, 3.05) is 58.7 Å². The lowest BCUT2D eigenvalue weighted by molar-refractivity contribution is 0.140. The molecule has 6 rings (SSSR count). The summed E-state index contributed by atoms with van der Waals surface area (Å²) in [6, 6.07) is 12.2. The van der Waals surface area contributed by atoms with Gasteiger partial charge in [-0.2, -0.15) is 10.2 Å². The highest BCUT2D eigenvalue weighted by Crippen LogP contribution is 2.34. The van der Waals surface area contributed by atoms with Gasteiger partial charge in [-0.25, -0.2) is 19.1 Å². The number of hydrazone groups is 1. The highest BCUT2D eigenvalue weighted by Gasteiger charge is 2.28. The Kier molecular flexibility index (Phi) is 8.36. The van der Waals surface area contributed by atoms with Gasteiger partial charge in [-0.15, -0.1) is 0 Å². The van der Waals surface area contributed by atoms with Gasteiger partial charge in [-0.3, -0.25) is 15.2 Å². The van der Waals surface area contributed by atoms with Gasteiger partial charge in [0.1, 0.15) is 11.8 Å². The number of carbonyl (C=O) groups is 2. The van der Waals surface area contributed by atoms with Crippen LogP contribution in [0.5, 0.6) is 0 Å². The number of nitrogens with zero attached hydrogens (tertiary/aromatic N) is 7. The van der Waals surface area contributed by atoms with Crippen LogP contribution in [-0.2, 0) is 13.0 Å². The van der Waals surface area contributed by atoms with Crippen LogP contribution in [0.2, 0.25) is 0 Å². The van der Waals surface area contributed by atoms with Crippen LogP contribution in [-0.4, -0.2) is 101 Å². The van der Waals surface area contributed by atoms with Crippen LogP contribution in [0.15, 0.2) is 66.1 Å². The number of benzene rings is 1. The number of rotatable bonds is 8. The molecule has 0 radical (unpaired) electrons. The van der Waals surface area contributed by atoms with E-state index in [1.807, 2.05) is 15.5 Å². The Morgan fingerprint density at radius 1 is 1.05 bits per heavy atom. The van der Waals surface area contributed by atoms with E-state index in [1.54, 1.807) is 14.1 Å². The molecule has 1 atom stereocenters. The molecule has 3 aliphatic rings. The van der Waals surface area contributed by atoms with Crippen LogP contribution in [0, 0.1) is 5.92 Å². The molecule has 224 valence electrons. The van der Waals surface area contributed by atoms with Crippen molar-refractivity contribution in [3.63, 3.8) is 0 Å². The van der Waals surface area contributed by atoms with E-state index in [0.29, 0.717) is 5.82 Å². The molecule has 3 N–H and O–H groups in total. The number of allylic oxidation sites excluding steroid dienone is 3. The fourth-order valence-electron chi connectivity index (χ4n) is 5.97. The average Bonchev–Trinajstić information content (AvgIpc) is 3.62. The molecule has 1 saturated heterocycles. The first kappa shape index (κ1) is 28.4. The quantitative estimate of drug-likeness (QED) is 0.376. The zero-order valence-electron chi connectivity index (χ0n) is 24.7. The van der Waals surface area contributed by atoms with Gasteiger partial charge in [-0.05, 0) is 42.7 Å². The first-order valence-corrected chi connectivity index (χ1v) is 14.8. The van der Waals surface area contributed by atoms with Crippen molar-refractivity contribution in [1.82, 2.24) is 40.0 Å². The molecule has 1 unspecified atom stereocenters. The Balaban J connectivity index is 1.23. The molecule has 4 heterocycles. The molecule has 43 heavy (non-hydrogen) atoms. The van der Waals surface area contributed by atoms with Gasteiger partial charge >= 0.3 is 12.1 Å². The Hall–Kier alpha value is -4.71. The second-order valence-corrected chi connectivity index (χ2v) is 11.0. The van der Waals surface area contributed by atoms with E-state index in [9.17, 15) is 9.59 Å². The smallest absolute Gasteiger partial charge is 0.320 e. The third-order valence-electron chi connectivity index (χ3n) is 8.24. The van der Waals surface area contributed by atoms with Gasteiger partial charge in [0.15, 0.2) is 5.82 Å². The van der Waals surface area contributed by atoms with E-state index in [0.717, 1.165) is 86.7 Å². The molecule has 2 aromatic heterocycles. The minimum atomic E-state index is -0.338. The Morgan fingerprint density at radius 2 is 1.86 bits per heavy atom. The zero-order valence-corrected chi connectivity index (χ0v) is 24.7. The molecule has 1 fully saturated rings. The minimum Gasteiger partial charge on any atom is -0.341 e. The number of nitrogens with one attached hydrogen (secondary N) is 3. The number of aromatic nitrogens is 3. The zero-order chi connectivity index (χ0) is 29.8. The molecule has 3 aromatic rings. The number of anilines is 1. The van der Waals surface area contributed by atoms with Crippen molar-refractivity contribution >= 4 is 34.7 Å². The molecular formula is C31H38N10O2. The summed E-state index contributed by atoms with van der Waals surface area (Å²) in [5, 5.41) is 19.9. The molecule has 0 bridgehead atoms. The predicted molar refractivity (Wildman–Crippen MR) is 167 cm³/mol. The number of hydrogen-bond acceptors (Lipinski definition) is 7. The van der Waals surface area contributed by atoms with Crippen LogP contribution in [0.25, 0.3) is 11.1 Å². The van der Waals surface area contributed by atoms with Gasteiger partial charge in [0.05, 0.1) is 12.3 Å². The largest absolute Gasteiger partial charge is 0.341 e. The number of hydrogen-bond donors (Lipinski definition) is 3. The van der Waals surface area contributed by atoms with Crippen molar-refractivity contribution < 1.29 is 9.59 Å². The third-order valence-corrected chi connectivity index (χ3v) is 8.24. The van der Waals surface area contributed by atoms with Crippen molar-refractivity contribution in [3.8, 4) is 0 Å². The lowest BCUT2D eigenvalue weighted by Gasteiger charge is -2.34. The molecule has 4 amide bonds. The molecule has 1 aromatic carbocycles. The number of aryl methyl sites for hydroxylation is 1. The summed E-state index contributed by atoms with van der Waals surface area (Å²) in [5.41, 5.74) is 6.04. The molecule has 0 saturated carbocycles. The van der Waals surface area contributed by atoms with Crippen LogP contribution in [0.3, 0.4) is 0 Å². The summed E-state index contributed by atoms with van der Waals surface area (Å²) < 4.78 is 1.90. The summed E-state index contributed by atoms with van der Waals surface area (Å²) in [7, 11) is 3.25. The van der Waals surface area contributed by atoms with E-state index in [4.69, 9.17) is 5.10 Å². The number of fused-ring (bicyclic) bond motifs is 2. The van der Waals surface area contributed by atoms with Gasteiger partial charge in [0.25, 0.3) is 0 Å². The van der Waals surface area contributed by atoms with E-state index < -0.39 is 0 Å². The number of carbonyl (C=O) groups excluding carboxylic acids is 2. The van der Waals surface area contributed by atoms with Crippen LogP contribution in [0.1, 0.15) is 23.2 Å². The van der Waals surface area contributed by atoms with Gasteiger partial charge < -0.3 is 15.5 Å². The summed E-state index contributed by atoms with van der Waals surface area (Å²) >= 11 is 0. The van der Waals surface area contributed by atoms with Crippen molar-refractivity contribution in [1.29, 1.82) is 0 Å².